The molecule has 0 aliphatic carbocycles. The quantitative estimate of drug-likeness (QED) is 0.117. The van der Waals surface area contributed by atoms with Crippen molar-refractivity contribution in [3.05, 3.63) is 122 Å². The first kappa shape index (κ1) is 28.4. The van der Waals surface area contributed by atoms with E-state index in [-0.39, 0.29) is 25.0 Å². The molecule has 8 nitrogen and oxygen atoms in total. The number of nitrogens with zero attached hydrogens (tertiary/aromatic N) is 3. The summed E-state index contributed by atoms with van der Waals surface area (Å²) in [5.74, 6) is 0.450. The molecule has 0 saturated carbocycles. The van der Waals surface area contributed by atoms with Gasteiger partial charge in [-0.1, -0.05) is 57.9 Å². The summed E-state index contributed by atoms with van der Waals surface area (Å²) in [5, 5.41) is 12.3. The molecule has 11 heteroatoms. The number of carbonyl (C=O) groups is 2. The van der Waals surface area contributed by atoms with Crippen molar-refractivity contribution in [2.24, 2.45) is 10.2 Å². The fraction of sp³-hybridized carbons (Fsp3) is 0.0667. The van der Waals surface area contributed by atoms with Crippen LogP contribution in [0.1, 0.15) is 16.9 Å². The van der Waals surface area contributed by atoms with Crippen LogP contribution >= 0.6 is 39.3 Å². The van der Waals surface area contributed by atoms with Crippen LogP contribution in [0.4, 0.5) is 5.69 Å². The van der Waals surface area contributed by atoms with Gasteiger partial charge >= 0.3 is 0 Å². The molecule has 3 aromatic carbocycles. The zero-order chi connectivity index (χ0) is 28.6. The molecule has 0 radical (unpaired) electrons. The third-order valence-electron chi connectivity index (χ3n) is 5.68. The third-order valence-corrected chi connectivity index (χ3v) is 7.42. The maximum absolute atomic E-state index is 13.5. The second-order valence-corrected chi connectivity index (χ2v) is 11.0. The molecule has 206 valence electrons. The molecule has 1 fully saturated rings. The van der Waals surface area contributed by atoms with Gasteiger partial charge in [0.05, 0.1) is 23.9 Å². The highest BCUT2D eigenvalue weighted by atomic mass is 79.9. The number of amidine groups is 1. The summed E-state index contributed by atoms with van der Waals surface area (Å²) in [4.78, 5) is 27.9. The van der Waals surface area contributed by atoms with Crippen LogP contribution in [0.2, 0.25) is 5.02 Å². The van der Waals surface area contributed by atoms with Gasteiger partial charge in [0.2, 0.25) is 0 Å². The van der Waals surface area contributed by atoms with E-state index in [1.807, 2.05) is 36.4 Å². The van der Waals surface area contributed by atoms with Gasteiger partial charge in [0, 0.05) is 20.7 Å². The smallest absolute Gasteiger partial charge is 0.267 e. The minimum atomic E-state index is -0.338. The molecule has 0 atom stereocenters. The maximum Gasteiger partial charge on any atom is 0.267 e. The summed E-state index contributed by atoms with van der Waals surface area (Å²) in [6.07, 6.45) is 4.89. The number of hydrogen-bond acceptors (Lipinski definition) is 7. The fourth-order valence-electron chi connectivity index (χ4n) is 3.74. The molecular formula is C30H22BrClN4O4S. The Balaban J connectivity index is 1.36. The van der Waals surface area contributed by atoms with Crippen molar-refractivity contribution in [2.45, 2.75) is 6.54 Å². The van der Waals surface area contributed by atoms with E-state index in [1.165, 1.54) is 16.7 Å². The lowest BCUT2D eigenvalue weighted by atomic mass is 10.2. The van der Waals surface area contributed by atoms with Crippen LogP contribution in [0.15, 0.2) is 115 Å². The zero-order valence-corrected chi connectivity index (χ0v) is 24.5. The molecule has 0 spiro atoms. The predicted molar refractivity (Wildman–Crippen MR) is 166 cm³/mol. The van der Waals surface area contributed by atoms with Gasteiger partial charge in [0.15, 0.2) is 11.8 Å². The van der Waals surface area contributed by atoms with Gasteiger partial charge in [-0.3, -0.25) is 14.5 Å². The standard InChI is InChI=1S/C30H22BrClN4O4S/c31-22-8-13-26(40-19-28(37)34-24-11-9-23(32)10-12-24)21(15-22)16-27-29(38)36(18-25-7-4-14-39-25)30(41-27)35-33-17-20-5-2-1-3-6-20/h1-17H,18-19H2,(H,34,37)/b27-16-,33-17+,35-30-. The van der Waals surface area contributed by atoms with E-state index in [1.54, 1.807) is 67.1 Å². The Bertz CT molecular complexity index is 1620. The summed E-state index contributed by atoms with van der Waals surface area (Å²) in [6, 6.07) is 25.2. The number of furan rings is 1. The average molecular weight is 650 g/mol. The fourth-order valence-corrected chi connectivity index (χ4v) is 5.17. The van der Waals surface area contributed by atoms with Crippen LogP contribution < -0.4 is 10.1 Å². The monoisotopic (exact) mass is 648 g/mol. The van der Waals surface area contributed by atoms with E-state index in [9.17, 15) is 9.59 Å². The van der Waals surface area contributed by atoms with Gasteiger partial charge in [-0.25, -0.2) is 0 Å². The zero-order valence-electron chi connectivity index (χ0n) is 21.4. The molecule has 2 heterocycles. The Morgan fingerprint density at radius 3 is 2.63 bits per heavy atom. The van der Waals surface area contributed by atoms with Gasteiger partial charge in [-0.05, 0) is 78.0 Å². The molecule has 4 aromatic rings. The number of amides is 2. The Morgan fingerprint density at radius 1 is 1.07 bits per heavy atom. The number of carbonyl (C=O) groups excluding carboxylic acids is 2. The van der Waals surface area contributed by atoms with Crippen LogP contribution in [0, 0.1) is 0 Å². The highest BCUT2D eigenvalue weighted by molar-refractivity contribution is 9.10. The molecule has 41 heavy (non-hydrogen) atoms. The van der Waals surface area contributed by atoms with E-state index in [0.717, 1.165) is 10.0 Å². The van der Waals surface area contributed by atoms with Gasteiger partial charge in [0.1, 0.15) is 11.5 Å². The van der Waals surface area contributed by atoms with Gasteiger partial charge in [-0.2, -0.15) is 5.10 Å². The van der Waals surface area contributed by atoms with E-state index in [2.05, 4.69) is 31.4 Å². The number of anilines is 1. The minimum Gasteiger partial charge on any atom is -0.483 e. The summed E-state index contributed by atoms with van der Waals surface area (Å²) >= 11 is 10.6. The molecule has 1 aromatic heterocycles. The summed E-state index contributed by atoms with van der Waals surface area (Å²) in [5.41, 5.74) is 2.10. The Kier molecular flexibility index (Phi) is 9.35. The number of nitrogens with one attached hydrogen (secondary N) is 1. The Morgan fingerprint density at radius 2 is 1.88 bits per heavy atom. The molecule has 0 unspecified atom stereocenters. The minimum absolute atomic E-state index is 0.197. The lowest BCUT2D eigenvalue weighted by molar-refractivity contribution is -0.122. The number of ether oxygens (including phenoxy) is 1. The Hall–Kier alpha value is -4.12. The van der Waals surface area contributed by atoms with Crippen LogP contribution in [0.5, 0.6) is 5.75 Å². The van der Waals surface area contributed by atoms with E-state index < -0.39 is 0 Å². The van der Waals surface area contributed by atoms with Gasteiger partial charge in [-0.15, -0.1) is 5.10 Å². The van der Waals surface area contributed by atoms with Gasteiger partial charge < -0.3 is 14.5 Å². The average Bonchev–Trinajstić information content (AvgIpc) is 3.59. The lowest BCUT2D eigenvalue weighted by Crippen LogP contribution is -2.28. The molecule has 1 saturated heterocycles. The predicted octanol–water partition coefficient (Wildman–Crippen LogP) is 7.22. The second kappa shape index (κ2) is 13.5. The molecule has 1 N–H and O–H groups in total. The molecule has 1 aliphatic rings. The Labute approximate surface area is 253 Å². The number of benzene rings is 3. The first-order valence-electron chi connectivity index (χ1n) is 12.3. The van der Waals surface area contributed by atoms with Crippen LogP contribution in [0.25, 0.3) is 6.08 Å². The van der Waals surface area contributed by atoms with Crippen LogP contribution in [-0.4, -0.2) is 34.7 Å². The number of thioether (sulfide) groups is 1. The largest absolute Gasteiger partial charge is 0.483 e. The summed E-state index contributed by atoms with van der Waals surface area (Å²) < 4.78 is 12.1. The molecule has 2 amide bonds. The lowest BCUT2D eigenvalue weighted by Gasteiger charge is -2.13. The van der Waals surface area contributed by atoms with Crippen molar-refractivity contribution in [2.75, 3.05) is 11.9 Å². The summed E-state index contributed by atoms with van der Waals surface area (Å²) in [6.45, 7) is -0.0321. The highest BCUT2D eigenvalue weighted by Crippen LogP contribution is 2.36. The first-order chi connectivity index (χ1) is 19.9. The third kappa shape index (κ3) is 7.75. The maximum atomic E-state index is 13.5. The number of hydrogen-bond donors (Lipinski definition) is 1. The SMILES string of the molecule is O=C(COc1ccc(Br)cc1/C=C1\S/C(=N\N=C\c2ccccc2)N(Cc2ccco2)C1=O)Nc1ccc(Cl)cc1. The molecule has 5 rings (SSSR count). The van der Waals surface area contributed by atoms with Crippen molar-refractivity contribution in [3.8, 4) is 5.75 Å². The highest BCUT2D eigenvalue weighted by Gasteiger charge is 2.34. The number of halogens is 2. The van der Waals surface area contributed by atoms with Gasteiger partial charge in [0.25, 0.3) is 11.8 Å². The molecular weight excluding hydrogens is 628 g/mol. The van der Waals surface area contributed by atoms with Crippen molar-refractivity contribution in [3.63, 3.8) is 0 Å². The van der Waals surface area contributed by atoms with Crippen LogP contribution in [-0.2, 0) is 16.1 Å². The van der Waals surface area contributed by atoms with Crippen molar-refractivity contribution < 1.29 is 18.7 Å². The summed E-state index contributed by atoms with van der Waals surface area (Å²) in [7, 11) is 0. The molecule has 0 bridgehead atoms. The molecule has 1 aliphatic heterocycles. The van der Waals surface area contributed by atoms with E-state index in [4.69, 9.17) is 20.8 Å². The van der Waals surface area contributed by atoms with Crippen molar-refractivity contribution in [1.82, 2.24) is 4.90 Å². The normalized spacial score (nSPS) is 15.3. The topological polar surface area (TPSA) is 96.5 Å². The number of rotatable bonds is 9. The van der Waals surface area contributed by atoms with Crippen molar-refractivity contribution in [1.29, 1.82) is 0 Å². The van der Waals surface area contributed by atoms with E-state index in [0.29, 0.717) is 37.9 Å². The van der Waals surface area contributed by atoms with Crippen LogP contribution in [0.3, 0.4) is 0 Å². The van der Waals surface area contributed by atoms with E-state index >= 15 is 0 Å². The van der Waals surface area contributed by atoms with Crippen molar-refractivity contribution >= 4 is 74.3 Å². The second-order valence-electron chi connectivity index (χ2n) is 8.65. The first-order valence-corrected chi connectivity index (χ1v) is 14.3.